The van der Waals surface area contributed by atoms with Crippen molar-refractivity contribution in [2.45, 2.75) is 26.7 Å². The number of amidine groups is 1. The first-order valence-electron chi connectivity index (χ1n) is 3.93. The molecule has 2 heteroatoms. The highest BCUT2D eigenvalue weighted by atomic mass is 15.1. The molecule has 0 aliphatic heterocycles. The van der Waals surface area contributed by atoms with Gasteiger partial charge in [-0.05, 0) is 6.42 Å². The van der Waals surface area contributed by atoms with Crippen LogP contribution >= 0.6 is 0 Å². The van der Waals surface area contributed by atoms with Gasteiger partial charge in [0.25, 0.3) is 0 Å². The van der Waals surface area contributed by atoms with E-state index in [1.54, 1.807) is 0 Å². The van der Waals surface area contributed by atoms with Gasteiger partial charge in [-0.2, -0.15) is 0 Å². The fraction of sp³-hybridized carbons (Fsp3) is 0.875. The van der Waals surface area contributed by atoms with Gasteiger partial charge < -0.3 is 4.90 Å². The molecule has 0 atom stereocenters. The Morgan fingerprint density at radius 1 is 1.40 bits per heavy atom. The molecule has 0 aromatic rings. The van der Waals surface area contributed by atoms with Crippen LogP contribution in [-0.4, -0.2) is 31.4 Å². The first kappa shape index (κ1) is 9.47. The molecule has 10 heavy (non-hydrogen) atoms. The van der Waals surface area contributed by atoms with Gasteiger partial charge >= 0.3 is 0 Å². The number of nitrogens with zero attached hydrogens (tertiary/aromatic N) is 2. The van der Waals surface area contributed by atoms with Crippen molar-refractivity contribution in [1.82, 2.24) is 4.90 Å². The van der Waals surface area contributed by atoms with Crippen LogP contribution in [0.1, 0.15) is 26.7 Å². The lowest BCUT2D eigenvalue weighted by molar-refractivity contribution is 0.491. The van der Waals surface area contributed by atoms with Gasteiger partial charge in [0.2, 0.25) is 0 Å². The largest absolute Gasteiger partial charge is 0.363 e. The fourth-order valence-corrected chi connectivity index (χ4v) is 1.06. The Morgan fingerprint density at radius 2 is 2.00 bits per heavy atom. The van der Waals surface area contributed by atoms with Crippen molar-refractivity contribution in [3.63, 3.8) is 0 Å². The zero-order chi connectivity index (χ0) is 7.98. The lowest BCUT2D eigenvalue weighted by Gasteiger charge is -2.18. The highest BCUT2D eigenvalue weighted by Crippen LogP contribution is 1.93. The summed E-state index contributed by atoms with van der Waals surface area (Å²) >= 11 is 0. The Hall–Kier alpha value is -0.530. The summed E-state index contributed by atoms with van der Waals surface area (Å²) in [5, 5.41) is 0. The van der Waals surface area contributed by atoms with Crippen molar-refractivity contribution in [1.29, 1.82) is 0 Å². The lowest BCUT2D eigenvalue weighted by atomic mass is 10.3. The Bertz CT molecular complexity index is 108. The Kier molecular flexibility index (Phi) is 4.99. The van der Waals surface area contributed by atoms with E-state index in [9.17, 15) is 0 Å². The van der Waals surface area contributed by atoms with Crippen molar-refractivity contribution in [2.24, 2.45) is 4.99 Å². The molecule has 0 radical (unpaired) electrons. The molecule has 0 N–H and O–H groups in total. The first-order chi connectivity index (χ1) is 4.76. The van der Waals surface area contributed by atoms with Crippen molar-refractivity contribution in [2.75, 3.05) is 20.6 Å². The number of hydrogen-bond donors (Lipinski definition) is 0. The number of rotatable bonds is 3. The van der Waals surface area contributed by atoms with E-state index in [4.69, 9.17) is 0 Å². The van der Waals surface area contributed by atoms with Crippen LogP contribution in [0.4, 0.5) is 0 Å². The fourth-order valence-electron chi connectivity index (χ4n) is 1.06. The maximum atomic E-state index is 4.17. The summed E-state index contributed by atoms with van der Waals surface area (Å²) in [5.74, 6) is 1.20. The van der Waals surface area contributed by atoms with E-state index in [-0.39, 0.29) is 0 Å². The minimum absolute atomic E-state index is 1.03. The zero-order valence-corrected chi connectivity index (χ0v) is 7.52. The third-order valence-corrected chi connectivity index (χ3v) is 1.57. The van der Waals surface area contributed by atoms with E-state index in [0.717, 1.165) is 13.0 Å². The number of hydrogen-bond acceptors (Lipinski definition) is 1. The molecule has 0 fully saturated rings. The molecule has 0 unspecified atom stereocenters. The van der Waals surface area contributed by atoms with Crippen molar-refractivity contribution in [3.05, 3.63) is 0 Å². The average Bonchev–Trinajstić information content (AvgIpc) is 1.91. The number of aliphatic imine (C=N–C) groups is 1. The van der Waals surface area contributed by atoms with Crippen LogP contribution < -0.4 is 0 Å². The quantitative estimate of drug-likeness (QED) is 0.433. The predicted octanol–water partition coefficient (Wildman–Crippen LogP) is 1.77. The van der Waals surface area contributed by atoms with Gasteiger partial charge in [-0.25, -0.2) is 0 Å². The second kappa shape index (κ2) is 5.27. The smallest absolute Gasteiger partial charge is 0.0980 e. The summed E-state index contributed by atoms with van der Waals surface area (Å²) < 4.78 is 0. The predicted molar refractivity (Wildman–Crippen MR) is 46.6 cm³/mol. The summed E-state index contributed by atoms with van der Waals surface area (Å²) in [6.07, 6.45) is 2.22. The Labute approximate surface area is 63.9 Å². The molecule has 2 nitrogen and oxygen atoms in total. The SMILES string of the molecule is CCCN(C)C(CC)=NC. The van der Waals surface area contributed by atoms with E-state index in [0.29, 0.717) is 0 Å². The summed E-state index contributed by atoms with van der Waals surface area (Å²) in [7, 11) is 3.94. The van der Waals surface area contributed by atoms with E-state index >= 15 is 0 Å². The standard InChI is InChI=1S/C8H18N2/c1-5-7-10(4)8(6-2)9-3/h5-7H2,1-4H3. The highest BCUT2D eigenvalue weighted by Gasteiger charge is 1.99. The summed E-state index contributed by atoms with van der Waals surface area (Å²) in [5.41, 5.74) is 0. The molecule has 60 valence electrons. The van der Waals surface area contributed by atoms with Gasteiger partial charge in [-0.3, -0.25) is 4.99 Å². The van der Waals surface area contributed by atoms with Crippen LogP contribution in [-0.2, 0) is 0 Å². The minimum atomic E-state index is 1.03. The maximum absolute atomic E-state index is 4.17. The minimum Gasteiger partial charge on any atom is -0.363 e. The summed E-state index contributed by atoms with van der Waals surface area (Å²) in [6.45, 7) is 5.43. The normalized spacial score (nSPS) is 11.8. The lowest BCUT2D eigenvalue weighted by Crippen LogP contribution is -2.26. The van der Waals surface area contributed by atoms with Crippen LogP contribution in [0.25, 0.3) is 0 Å². The van der Waals surface area contributed by atoms with Gasteiger partial charge in [0.15, 0.2) is 0 Å². The maximum Gasteiger partial charge on any atom is 0.0980 e. The molecule has 0 aromatic carbocycles. The first-order valence-corrected chi connectivity index (χ1v) is 3.93. The molecule has 0 heterocycles. The molecule has 0 rings (SSSR count). The van der Waals surface area contributed by atoms with Crippen molar-refractivity contribution in [3.8, 4) is 0 Å². The molecule has 0 saturated heterocycles. The van der Waals surface area contributed by atoms with E-state index < -0.39 is 0 Å². The van der Waals surface area contributed by atoms with E-state index in [2.05, 4.69) is 30.8 Å². The summed E-state index contributed by atoms with van der Waals surface area (Å²) in [4.78, 5) is 6.38. The molecule has 0 saturated carbocycles. The van der Waals surface area contributed by atoms with Crippen LogP contribution in [0.2, 0.25) is 0 Å². The van der Waals surface area contributed by atoms with Crippen molar-refractivity contribution < 1.29 is 0 Å². The van der Waals surface area contributed by atoms with Crippen LogP contribution in [0, 0.1) is 0 Å². The van der Waals surface area contributed by atoms with Gasteiger partial charge in [0.05, 0.1) is 5.84 Å². The molecule has 0 bridgehead atoms. The third kappa shape index (κ3) is 2.85. The van der Waals surface area contributed by atoms with Gasteiger partial charge in [0.1, 0.15) is 0 Å². The van der Waals surface area contributed by atoms with E-state index in [1.165, 1.54) is 12.3 Å². The summed E-state index contributed by atoms with van der Waals surface area (Å²) in [6, 6.07) is 0. The van der Waals surface area contributed by atoms with E-state index in [1.807, 2.05) is 7.05 Å². The van der Waals surface area contributed by atoms with Gasteiger partial charge in [-0.1, -0.05) is 13.8 Å². The molecular formula is C8H18N2. The Morgan fingerprint density at radius 3 is 2.30 bits per heavy atom. The molecular weight excluding hydrogens is 124 g/mol. The molecule has 0 spiro atoms. The topological polar surface area (TPSA) is 15.6 Å². The second-order valence-electron chi connectivity index (χ2n) is 2.41. The highest BCUT2D eigenvalue weighted by molar-refractivity contribution is 5.81. The third-order valence-electron chi connectivity index (χ3n) is 1.57. The molecule has 0 aliphatic carbocycles. The van der Waals surface area contributed by atoms with Crippen LogP contribution in [0.5, 0.6) is 0 Å². The van der Waals surface area contributed by atoms with Crippen LogP contribution in [0.15, 0.2) is 4.99 Å². The monoisotopic (exact) mass is 142 g/mol. The van der Waals surface area contributed by atoms with Crippen molar-refractivity contribution >= 4 is 5.84 Å². The molecule has 0 aliphatic rings. The second-order valence-corrected chi connectivity index (χ2v) is 2.41. The molecule has 0 aromatic heterocycles. The van der Waals surface area contributed by atoms with Gasteiger partial charge in [-0.15, -0.1) is 0 Å². The average molecular weight is 142 g/mol. The zero-order valence-electron chi connectivity index (χ0n) is 7.52. The Balaban J connectivity index is 3.77. The van der Waals surface area contributed by atoms with Gasteiger partial charge in [0, 0.05) is 27.1 Å². The van der Waals surface area contributed by atoms with Crippen LogP contribution in [0.3, 0.4) is 0 Å². The molecule has 0 amide bonds.